The van der Waals surface area contributed by atoms with Crippen molar-refractivity contribution in [3.8, 4) is 6.07 Å². The summed E-state index contributed by atoms with van der Waals surface area (Å²) in [5.41, 5.74) is 1.27. The Morgan fingerprint density at radius 2 is 2.12 bits per heavy atom. The molecule has 0 atom stereocenters. The summed E-state index contributed by atoms with van der Waals surface area (Å²) in [5, 5.41) is 11.9. The lowest BCUT2D eigenvalue weighted by Gasteiger charge is -2.16. The highest BCUT2D eigenvalue weighted by molar-refractivity contribution is 5.23. The number of benzene rings is 1. The van der Waals surface area contributed by atoms with E-state index in [0.717, 1.165) is 5.56 Å². The maximum atomic E-state index is 13.4. The summed E-state index contributed by atoms with van der Waals surface area (Å²) < 4.78 is 13.4. The Bertz CT molecular complexity index is 405. The van der Waals surface area contributed by atoms with Crippen LogP contribution < -0.4 is 5.32 Å². The fourth-order valence-corrected chi connectivity index (χ4v) is 1.39. The smallest absolute Gasteiger partial charge is 0.127 e. The molecule has 0 aromatic heterocycles. The Kier molecular flexibility index (Phi) is 4.03. The zero-order valence-corrected chi connectivity index (χ0v) is 9.97. The van der Waals surface area contributed by atoms with Gasteiger partial charge in [0.15, 0.2) is 0 Å². The SMILES string of the molecule is Cc1ccc(F)c(CNCC(C)(C)C#N)c1. The average Bonchev–Trinajstić information content (AvgIpc) is 2.23. The maximum Gasteiger partial charge on any atom is 0.127 e. The average molecular weight is 220 g/mol. The molecule has 1 N–H and O–H groups in total. The molecule has 86 valence electrons. The maximum absolute atomic E-state index is 13.4. The normalized spacial score (nSPS) is 11.2. The fourth-order valence-electron chi connectivity index (χ4n) is 1.39. The highest BCUT2D eigenvalue weighted by Gasteiger charge is 2.15. The van der Waals surface area contributed by atoms with Gasteiger partial charge in [-0.15, -0.1) is 0 Å². The summed E-state index contributed by atoms with van der Waals surface area (Å²) >= 11 is 0. The van der Waals surface area contributed by atoms with Crippen molar-refractivity contribution in [2.75, 3.05) is 6.54 Å². The molecule has 3 heteroatoms. The second-order valence-corrected chi connectivity index (χ2v) is 4.69. The molecule has 0 aliphatic rings. The monoisotopic (exact) mass is 220 g/mol. The number of nitrogens with zero attached hydrogens (tertiary/aromatic N) is 1. The summed E-state index contributed by atoms with van der Waals surface area (Å²) in [5.74, 6) is -0.201. The number of nitriles is 1. The minimum Gasteiger partial charge on any atom is -0.311 e. The highest BCUT2D eigenvalue weighted by Crippen LogP contribution is 2.13. The van der Waals surface area contributed by atoms with Crippen LogP contribution in [-0.2, 0) is 6.54 Å². The number of aryl methyl sites for hydroxylation is 1. The molecule has 0 unspecified atom stereocenters. The summed E-state index contributed by atoms with van der Waals surface area (Å²) in [6.07, 6.45) is 0. The Labute approximate surface area is 96.1 Å². The van der Waals surface area contributed by atoms with Gasteiger partial charge in [0.1, 0.15) is 5.82 Å². The van der Waals surface area contributed by atoms with Gasteiger partial charge in [-0.25, -0.2) is 4.39 Å². The van der Waals surface area contributed by atoms with Crippen LogP contribution in [0.15, 0.2) is 18.2 Å². The molecule has 1 aromatic carbocycles. The molecule has 0 saturated carbocycles. The van der Waals surface area contributed by atoms with Crippen LogP contribution in [0.5, 0.6) is 0 Å². The van der Waals surface area contributed by atoms with Crippen LogP contribution >= 0.6 is 0 Å². The number of rotatable bonds is 4. The van der Waals surface area contributed by atoms with Crippen LogP contribution in [0.25, 0.3) is 0 Å². The zero-order valence-electron chi connectivity index (χ0n) is 9.97. The second-order valence-electron chi connectivity index (χ2n) is 4.69. The lowest BCUT2D eigenvalue weighted by molar-refractivity contribution is 0.441. The van der Waals surface area contributed by atoms with Crippen LogP contribution in [0.2, 0.25) is 0 Å². The number of hydrogen-bond acceptors (Lipinski definition) is 2. The van der Waals surface area contributed by atoms with Crippen molar-refractivity contribution in [2.45, 2.75) is 27.3 Å². The molecule has 0 bridgehead atoms. The van der Waals surface area contributed by atoms with Crippen molar-refractivity contribution < 1.29 is 4.39 Å². The summed E-state index contributed by atoms with van der Waals surface area (Å²) in [7, 11) is 0. The highest BCUT2D eigenvalue weighted by atomic mass is 19.1. The quantitative estimate of drug-likeness (QED) is 0.847. The minimum absolute atomic E-state index is 0.201. The van der Waals surface area contributed by atoms with Crippen LogP contribution in [-0.4, -0.2) is 6.54 Å². The van der Waals surface area contributed by atoms with E-state index in [1.54, 1.807) is 6.07 Å². The first-order valence-corrected chi connectivity index (χ1v) is 5.31. The van der Waals surface area contributed by atoms with Crippen molar-refractivity contribution in [1.82, 2.24) is 5.32 Å². The third-order valence-electron chi connectivity index (χ3n) is 2.39. The van der Waals surface area contributed by atoms with Crippen LogP contribution in [0.1, 0.15) is 25.0 Å². The van der Waals surface area contributed by atoms with Crippen molar-refractivity contribution in [3.05, 3.63) is 35.1 Å². The van der Waals surface area contributed by atoms with Gasteiger partial charge < -0.3 is 5.32 Å². The molecular formula is C13H17FN2. The van der Waals surface area contributed by atoms with Crippen molar-refractivity contribution in [1.29, 1.82) is 5.26 Å². The lowest BCUT2D eigenvalue weighted by atomic mass is 9.96. The van der Waals surface area contributed by atoms with Gasteiger partial charge in [-0.3, -0.25) is 0 Å². The molecule has 0 saturated heterocycles. The Morgan fingerprint density at radius 1 is 1.44 bits per heavy atom. The van der Waals surface area contributed by atoms with Gasteiger partial charge >= 0.3 is 0 Å². The standard InChI is InChI=1S/C13H17FN2/c1-10-4-5-12(14)11(6-10)7-16-9-13(2,3)8-15/h4-6,16H,7,9H2,1-3H3. The molecule has 0 aliphatic carbocycles. The first kappa shape index (κ1) is 12.7. The van der Waals surface area contributed by atoms with E-state index in [1.165, 1.54) is 6.07 Å². The van der Waals surface area contributed by atoms with Crippen molar-refractivity contribution in [3.63, 3.8) is 0 Å². The van der Waals surface area contributed by atoms with Crippen LogP contribution in [0.3, 0.4) is 0 Å². The van der Waals surface area contributed by atoms with Gasteiger partial charge in [0.05, 0.1) is 11.5 Å². The van der Waals surface area contributed by atoms with Gasteiger partial charge in [0.25, 0.3) is 0 Å². The van der Waals surface area contributed by atoms with Crippen LogP contribution in [0.4, 0.5) is 4.39 Å². The molecule has 16 heavy (non-hydrogen) atoms. The third-order valence-corrected chi connectivity index (χ3v) is 2.39. The van der Waals surface area contributed by atoms with Crippen molar-refractivity contribution in [2.24, 2.45) is 5.41 Å². The fraction of sp³-hybridized carbons (Fsp3) is 0.462. The van der Waals surface area contributed by atoms with Crippen LogP contribution in [0, 0.1) is 29.5 Å². The number of halogens is 1. The number of nitrogens with one attached hydrogen (secondary N) is 1. The molecule has 1 rings (SSSR count). The van der Waals surface area contributed by atoms with Crippen molar-refractivity contribution >= 4 is 0 Å². The van der Waals surface area contributed by atoms with Gasteiger partial charge in [0.2, 0.25) is 0 Å². The molecular weight excluding hydrogens is 203 g/mol. The molecule has 1 aromatic rings. The zero-order chi connectivity index (χ0) is 12.2. The molecule has 0 amide bonds. The van der Waals surface area contributed by atoms with E-state index in [0.29, 0.717) is 18.7 Å². The van der Waals surface area contributed by atoms with Gasteiger partial charge in [-0.1, -0.05) is 17.7 Å². The van der Waals surface area contributed by atoms with E-state index in [4.69, 9.17) is 5.26 Å². The Balaban J connectivity index is 2.56. The molecule has 0 radical (unpaired) electrons. The number of hydrogen-bond donors (Lipinski definition) is 1. The molecule has 0 spiro atoms. The summed E-state index contributed by atoms with van der Waals surface area (Å²) in [6, 6.07) is 7.24. The third kappa shape index (κ3) is 3.63. The van der Waals surface area contributed by atoms with E-state index in [2.05, 4.69) is 11.4 Å². The van der Waals surface area contributed by atoms with Gasteiger partial charge in [-0.2, -0.15) is 5.26 Å². The predicted molar refractivity (Wildman–Crippen MR) is 62.2 cm³/mol. The Hall–Kier alpha value is -1.40. The van der Waals surface area contributed by atoms with E-state index < -0.39 is 5.41 Å². The topological polar surface area (TPSA) is 35.8 Å². The van der Waals surface area contributed by atoms with Gasteiger partial charge in [-0.05, 0) is 26.8 Å². The molecule has 0 heterocycles. The molecule has 0 aliphatic heterocycles. The first-order valence-electron chi connectivity index (χ1n) is 5.31. The lowest BCUT2D eigenvalue weighted by Crippen LogP contribution is -2.28. The van der Waals surface area contributed by atoms with E-state index in [9.17, 15) is 4.39 Å². The van der Waals surface area contributed by atoms with Gasteiger partial charge in [0, 0.05) is 18.7 Å². The van der Waals surface area contributed by atoms with E-state index in [1.807, 2.05) is 26.8 Å². The summed E-state index contributed by atoms with van der Waals surface area (Å²) in [4.78, 5) is 0. The molecule has 2 nitrogen and oxygen atoms in total. The molecule has 0 fully saturated rings. The van der Waals surface area contributed by atoms with E-state index in [-0.39, 0.29) is 5.82 Å². The Morgan fingerprint density at radius 3 is 2.75 bits per heavy atom. The summed E-state index contributed by atoms with van der Waals surface area (Å²) in [6.45, 7) is 6.65. The minimum atomic E-state index is -0.416. The second kappa shape index (κ2) is 5.09. The largest absolute Gasteiger partial charge is 0.311 e. The first-order chi connectivity index (χ1) is 7.44. The predicted octanol–water partition coefficient (Wildman–Crippen LogP) is 2.77. The van der Waals surface area contributed by atoms with E-state index >= 15 is 0 Å².